The molecule has 0 aromatic heterocycles. The molecule has 3 aromatic rings. The lowest BCUT2D eigenvalue weighted by Crippen LogP contribution is -2.59. The second kappa shape index (κ2) is 13.2. The van der Waals surface area contributed by atoms with Crippen molar-refractivity contribution in [2.24, 2.45) is 5.92 Å². The number of ether oxygens (including phenoxy) is 1. The molecular formula is C35H45N3O4. The van der Waals surface area contributed by atoms with E-state index in [4.69, 9.17) is 4.74 Å². The van der Waals surface area contributed by atoms with Gasteiger partial charge >= 0.3 is 6.09 Å². The van der Waals surface area contributed by atoms with Crippen LogP contribution in [0.25, 0.3) is 16.8 Å². The molecule has 0 aliphatic heterocycles. The third-order valence-corrected chi connectivity index (χ3v) is 7.10. The zero-order chi connectivity index (χ0) is 31.2. The lowest BCUT2D eigenvalue weighted by molar-refractivity contribution is -0.147. The molecule has 3 rings (SSSR count). The number of alkyl carbamates (subject to hydrolysis) is 1. The monoisotopic (exact) mass is 571 g/mol. The van der Waals surface area contributed by atoms with E-state index in [-0.39, 0.29) is 17.7 Å². The van der Waals surface area contributed by atoms with Crippen molar-refractivity contribution in [3.05, 3.63) is 84.4 Å². The van der Waals surface area contributed by atoms with Crippen LogP contribution >= 0.6 is 0 Å². The Balaban J connectivity index is 2.11. The number of hydrogen-bond donors (Lipinski definition) is 2. The number of hydrogen-bond acceptors (Lipinski definition) is 4. The van der Waals surface area contributed by atoms with Gasteiger partial charge in [-0.05, 0) is 87.6 Å². The molecule has 0 bridgehead atoms. The summed E-state index contributed by atoms with van der Waals surface area (Å²) in [7, 11) is 0. The maximum absolute atomic E-state index is 14.5. The normalized spacial score (nSPS) is 13.9. The largest absolute Gasteiger partial charge is 0.444 e. The van der Waals surface area contributed by atoms with Crippen LogP contribution in [0.15, 0.2) is 73.3 Å². The van der Waals surface area contributed by atoms with Crippen LogP contribution in [0.5, 0.6) is 0 Å². The third kappa shape index (κ3) is 8.21. The number of carbonyl (C=O) groups is 3. The van der Waals surface area contributed by atoms with Crippen LogP contribution in [0.1, 0.15) is 79.0 Å². The van der Waals surface area contributed by atoms with E-state index in [0.29, 0.717) is 17.7 Å². The fourth-order valence-corrected chi connectivity index (χ4v) is 4.86. The Morgan fingerprint density at radius 3 is 2.19 bits per heavy atom. The fourth-order valence-electron chi connectivity index (χ4n) is 4.86. The Morgan fingerprint density at radius 1 is 0.929 bits per heavy atom. The van der Waals surface area contributed by atoms with Gasteiger partial charge in [0, 0.05) is 11.2 Å². The van der Waals surface area contributed by atoms with Crippen LogP contribution in [0.3, 0.4) is 0 Å². The molecule has 0 fully saturated rings. The lowest BCUT2D eigenvalue weighted by Gasteiger charge is -2.44. The first-order chi connectivity index (χ1) is 19.6. The SMILES string of the molecule is C=Cc1cccc(C(C(=O)Nc2ccc3ccccc3c2)N(C(=O)C(NC(=O)OC(C)(C)C)C(C)CC)C(C)(C)C)c1. The van der Waals surface area contributed by atoms with Crippen molar-refractivity contribution < 1.29 is 19.1 Å². The summed E-state index contributed by atoms with van der Waals surface area (Å²) in [6.07, 6.45) is 1.65. The van der Waals surface area contributed by atoms with Crippen molar-refractivity contribution in [1.82, 2.24) is 10.2 Å². The zero-order valence-electron chi connectivity index (χ0n) is 26.2. The standard InChI is InChI=1S/C35H45N3O4/c1-10-23(3)29(37-33(41)42-35(7,8)9)32(40)38(34(4,5)6)30(27-18-14-15-24(11-2)21-27)31(39)36-28-20-19-25-16-12-13-17-26(25)22-28/h11-23,29-30H,2,10H2,1,3-9H3,(H,36,39)(H,37,41). The van der Waals surface area contributed by atoms with Gasteiger partial charge in [-0.1, -0.05) is 81.5 Å². The molecule has 0 aliphatic carbocycles. The molecule has 0 spiro atoms. The Kier molecular flexibility index (Phi) is 10.2. The highest BCUT2D eigenvalue weighted by atomic mass is 16.6. The van der Waals surface area contributed by atoms with Gasteiger partial charge in [0.05, 0.1) is 0 Å². The van der Waals surface area contributed by atoms with Gasteiger partial charge in [0.25, 0.3) is 5.91 Å². The van der Waals surface area contributed by atoms with E-state index < -0.39 is 29.3 Å². The number of benzene rings is 3. The molecule has 0 saturated carbocycles. The zero-order valence-corrected chi connectivity index (χ0v) is 26.2. The highest BCUT2D eigenvalue weighted by molar-refractivity contribution is 6.00. The van der Waals surface area contributed by atoms with E-state index in [2.05, 4.69) is 17.2 Å². The van der Waals surface area contributed by atoms with Crippen LogP contribution in [-0.2, 0) is 14.3 Å². The molecule has 42 heavy (non-hydrogen) atoms. The summed E-state index contributed by atoms with van der Waals surface area (Å²) in [5.74, 6) is -0.959. The van der Waals surface area contributed by atoms with Crippen LogP contribution in [-0.4, -0.2) is 40.0 Å². The van der Waals surface area contributed by atoms with E-state index >= 15 is 0 Å². The van der Waals surface area contributed by atoms with Crippen molar-refractivity contribution in [1.29, 1.82) is 0 Å². The first kappa shape index (κ1) is 32.4. The molecule has 3 unspecified atom stereocenters. The molecule has 3 aromatic carbocycles. The van der Waals surface area contributed by atoms with Crippen molar-refractivity contribution in [2.75, 3.05) is 5.32 Å². The Morgan fingerprint density at radius 2 is 1.60 bits per heavy atom. The minimum atomic E-state index is -1.00. The summed E-state index contributed by atoms with van der Waals surface area (Å²) < 4.78 is 5.50. The molecule has 224 valence electrons. The lowest BCUT2D eigenvalue weighted by atomic mass is 9.91. The molecule has 0 heterocycles. The average molecular weight is 572 g/mol. The third-order valence-electron chi connectivity index (χ3n) is 7.10. The van der Waals surface area contributed by atoms with Crippen molar-refractivity contribution in [3.63, 3.8) is 0 Å². The van der Waals surface area contributed by atoms with Crippen LogP contribution in [0, 0.1) is 5.92 Å². The van der Waals surface area contributed by atoms with Crippen molar-refractivity contribution >= 4 is 40.4 Å². The van der Waals surface area contributed by atoms with E-state index in [0.717, 1.165) is 16.3 Å². The average Bonchev–Trinajstić information content (AvgIpc) is 2.92. The number of carbonyl (C=O) groups excluding carboxylic acids is 3. The number of nitrogens with zero attached hydrogens (tertiary/aromatic N) is 1. The molecule has 2 N–H and O–H groups in total. The summed E-state index contributed by atoms with van der Waals surface area (Å²) in [4.78, 5) is 43.3. The summed E-state index contributed by atoms with van der Waals surface area (Å²) in [6.45, 7) is 18.7. The molecule has 3 amide bonds. The Labute approximate surface area is 250 Å². The van der Waals surface area contributed by atoms with Gasteiger partial charge in [-0.15, -0.1) is 0 Å². The van der Waals surface area contributed by atoms with Crippen LogP contribution < -0.4 is 10.6 Å². The van der Waals surface area contributed by atoms with Crippen molar-refractivity contribution in [2.45, 2.75) is 85.0 Å². The van der Waals surface area contributed by atoms with E-state index in [9.17, 15) is 14.4 Å². The molecule has 7 heteroatoms. The number of nitrogens with one attached hydrogen (secondary N) is 2. The summed E-state index contributed by atoms with van der Waals surface area (Å²) >= 11 is 0. The van der Waals surface area contributed by atoms with Gasteiger partial charge in [-0.3, -0.25) is 9.59 Å². The Hall–Kier alpha value is -4.13. The smallest absolute Gasteiger partial charge is 0.408 e. The van der Waals surface area contributed by atoms with Gasteiger partial charge in [0.15, 0.2) is 0 Å². The predicted octanol–water partition coefficient (Wildman–Crippen LogP) is 7.73. The van der Waals surface area contributed by atoms with E-state index in [1.165, 1.54) is 0 Å². The van der Waals surface area contributed by atoms with Crippen LogP contribution in [0.2, 0.25) is 0 Å². The maximum atomic E-state index is 14.5. The summed E-state index contributed by atoms with van der Waals surface area (Å²) in [5.41, 5.74) is 0.546. The topological polar surface area (TPSA) is 87.7 Å². The minimum Gasteiger partial charge on any atom is -0.444 e. The van der Waals surface area contributed by atoms with Crippen molar-refractivity contribution in [3.8, 4) is 0 Å². The van der Waals surface area contributed by atoms with Crippen LogP contribution in [0.4, 0.5) is 10.5 Å². The fraction of sp³-hybridized carbons (Fsp3) is 0.400. The molecular weight excluding hydrogens is 526 g/mol. The molecule has 0 saturated heterocycles. The second-order valence-corrected chi connectivity index (χ2v) is 12.7. The summed E-state index contributed by atoms with van der Waals surface area (Å²) in [5, 5.41) is 7.92. The highest BCUT2D eigenvalue weighted by Gasteiger charge is 2.43. The van der Waals surface area contributed by atoms with Gasteiger partial charge in [0.1, 0.15) is 17.7 Å². The minimum absolute atomic E-state index is 0.224. The number of fused-ring (bicyclic) bond motifs is 1. The second-order valence-electron chi connectivity index (χ2n) is 12.7. The van der Waals surface area contributed by atoms with Gasteiger partial charge in [-0.2, -0.15) is 0 Å². The number of amides is 3. The number of anilines is 1. The van der Waals surface area contributed by atoms with E-state index in [1.54, 1.807) is 31.7 Å². The van der Waals surface area contributed by atoms with Gasteiger partial charge < -0.3 is 20.3 Å². The predicted molar refractivity (Wildman–Crippen MR) is 171 cm³/mol. The maximum Gasteiger partial charge on any atom is 0.408 e. The first-order valence-electron chi connectivity index (χ1n) is 14.5. The molecule has 0 radical (unpaired) electrons. The number of rotatable bonds is 9. The van der Waals surface area contributed by atoms with Gasteiger partial charge in [-0.25, -0.2) is 4.79 Å². The molecule has 3 atom stereocenters. The van der Waals surface area contributed by atoms with E-state index in [1.807, 2.05) is 101 Å². The molecule has 7 nitrogen and oxygen atoms in total. The van der Waals surface area contributed by atoms with Gasteiger partial charge in [0.2, 0.25) is 5.91 Å². The summed E-state index contributed by atoms with van der Waals surface area (Å²) in [6, 6.07) is 19.2. The first-order valence-corrected chi connectivity index (χ1v) is 14.5. The Bertz CT molecular complexity index is 1430. The molecule has 0 aliphatic rings. The quantitative estimate of drug-likeness (QED) is 0.275. The highest BCUT2D eigenvalue weighted by Crippen LogP contribution is 2.33.